The Morgan fingerprint density at radius 1 is 1.47 bits per heavy atom. The molecule has 0 aromatic carbocycles. The number of aliphatic carboxylic acids is 1. The summed E-state index contributed by atoms with van der Waals surface area (Å²) in [7, 11) is 0. The van der Waals surface area contributed by atoms with Crippen molar-refractivity contribution in [3.05, 3.63) is 26.9 Å². The number of hydrogen-bond acceptors (Lipinski definition) is 3. The summed E-state index contributed by atoms with van der Waals surface area (Å²) >= 11 is 4.89. The summed E-state index contributed by atoms with van der Waals surface area (Å²) in [4.78, 5) is 25.1. The first-order valence-electron chi connectivity index (χ1n) is 5.86. The minimum atomic E-state index is -0.899. The lowest BCUT2D eigenvalue weighted by molar-refractivity contribution is -0.138. The van der Waals surface area contributed by atoms with Gasteiger partial charge in [0.1, 0.15) is 0 Å². The molecule has 1 rings (SSSR count). The predicted octanol–water partition coefficient (Wildman–Crippen LogP) is 3.24. The number of halogens is 1. The number of amides is 1. The first kappa shape index (κ1) is 15.9. The summed E-state index contributed by atoms with van der Waals surface area (Å²) in [5, 5.41) is 8.68. The third-order valence-electron chi connectivity index (χ3n) is 2.46. The van der Waals surface area contributed by atoms with E-state index in [-0.39, 0.29) is 24.9 Å². The Bertz CT molecular complexity index is 482. The number of nitrogens with zero attached hydrogens (tertiary/aromatic N) is 1. The highest BCUT2D eigenvalue weighted by molar-refractivity contribution is 9.11. The van der Waals surface area contributed by atoms with Crippen molar-refractivity contribution in [2.24, 2.45) is 0 Å². The maximum atomic E-state index is 12.0. The Morgan fingerprint density at radius 2 is 2.16 bits per heavy atom. The van der Waals surface area contributed by atoms with Crippen LogP contribution < -0.4 is 0 Å². The molecule has 4 nitrogen and oxygen atoms in total. The fraction of sp³-hybridized carbons (Fsp3) is 0.385. The highest BCUT2D eigenvalue weighted by Gasteiger charge is 2.15. The van der Waals surface area contributed by atoms with Crippen molar-refractivity contribution >= 4 is 45.2 Å². The second kappa shape index (κ2) is 7.45. The van der Waals surface area contributed by atoms with E-state index in [9.17, 15) is 9.59 Å². The minimum absolute atomic E-state index is 0.0217. The maximum absolute atomic E-state index is 12.0. The number of carboxylic acid groups (broad SMARTS) is 1. The molecule has 104 valence electrons. The van der Waals surface area contributed by atoms with Crippen LogP contribution in [-0.4, -0.2) is 34.5 Å². The quantitative estimate of drug-likeness (QED) is 0.805. The number of hydrogen-bond donors (Lipinski definition) is 1. The van der Waals surface area contributed by atoms with Crippen LogP contribution in [0.15, 0.2) is 22.0 Å². The summed E-state index contributed by atoms with van der Waals surface area (Å²) in [6, 6.07) is 3.81. The monoisotopic (exact) mass is 345 g/mol. The largest absolute Gasteiger partial charge is 0.481 e. The molecule has 0 saturated heterocycles. The number of thiophene rings is 1. The summed E-state index contributed by atoms with van der Waals surface area (Å²) < 4.78 is 1.01. The Morgan fingerprint density at radius 3 is 2.63 bits per heavy atom. The molecule has 0 atom stereocenters. The van der Waals surface area contributed by atoms with Gasteiger partial charge in [0, 0.05) is 23.5 Å². The van der Waals surface area contributed by atoms with Crippen molar-refractivity contribution in [1.29, 1.82) is 0 Å². The molecule has 1 heterocycles. The van der Waals surface area contributed by atoms with Gasteiger partial charge in [-0.1, -0.05) is 0 Å². The Balaban J connectivity index is 2.66. The van der Waals surface area contributed by atoms with E-state index in [1.165, 1.54) is 17.4 Å². The topological polar surface area (TPSA) is 57.6 Å². The molecule has 0 spiro atoms. The van der Waals surface area contributed by atoms with Gasteiger partial charge in [0.2, 0.25) is 5.91 Å². The molecule has 0 aliphatic carbocycles. The van der Waals surface area contributed by atoms with Crippen molar-refractivity contribution in [2.75, 3.05) is 6.54 Å². The van der Waals surface area contributed by atoms with E-state index >= 15 is 0 Å². The molecule has 0 fully saturated rings. The first-order valence-corrected chi connectivity index (χ1v) is 7.47. The van der Waals surface area contributed by atoms with Crippen LogP contribution in [0.3, 0.4) is 0 Å². The van der Waals surface area contributed by atoms with Gasteiger partial charge >= 0.3 is 5.97 Å². The molecule has 0 saturated carbocycles. The zero-order chi connectivity index (χ0) is 14.4. The van der Waals surface area contributed by atoms with E-state index in [0.717, 1.165) is 8.66 Å². The Labute approximate surface area is 124 Å². The van der Waals surface area contributed by atoms with Crippen LogP contribution in [0, 0.1) is 0 Å². The van der Waals surface area contributed by atoms with E-state index < -0.39 is 5.97 Å². The molecule has 6 heteroatoms. The Hall–Kier alpha value is -1.14. The summed E-state index contributed by atoms with van der Waals surface area (Å²) in [6.07, 6.45) is 3.19. The van der Waals surface area contributed by atoms with Gasteiger partial charge in [0.05, 0.1) is 10.2 Å². The van der Waals surface area contributed by atoms with Crippen LogP contribution in [-0.2, 0) is 9.59 Å². The standard InChI is InChI=1S/C13H16BrNO3S/c1-9(2)15(8-7-13(17)18)12(16)6-4-10-3-5-11(14)19-10/h3-6,9H,7-8H2,1-2H3,(H,17,18)/b6-4+. The van der Waals surface area contributed by atoms with Gasteiger partial charge in [-0.3, -0.25) is 9.59 Å². The molecule has 0 aliphatic heterocycles. The van der Waals surface area contributed by atoms with Crippen LogP contribution in [0.25, 0.3) is 6.08 Å². The molecule has 1 aromatic rings. The van der Waals surface area contributed by atoms with Crippen molar-refractivity contribution in [3.63, 3.8) is 0 Å². The maximum Gasteiger partial charge on any atom is 0.305 e. The summed E-state index contributed by atoms with van der Waals surface area (Å²) in [5.74, 6) is -1.06. The van der Waals surface area contributed by atoms with Crippen LogP contribution in [0.1, 0.15) is 25.1 Å². The van der Waals surface area contributed by atoms with Gasteiger partial charge < -0.3 is 10.0 Å². The number of carbonyl (C=O) groups is 2. The lowest BCUT2D eigenvalue weighted by Gasteiger charge is -2.24. The third-order valence-corrected chi connectivity index (χ3v) is 4.05. The first-order chi connectivity index (χ1) is 8.90. The molecule has 0 radical (unpaired) electrons. The lowest BCUT2D eigenvalue weighted by Crippen LogP contribution is -2.37. The second-order valence-corrected chi connectivity index (χ2v) is 6.74. The molecule has 0 bridgehead atoms. The van der Waals surface area contributed by atoms with E-state index in [1.54, 1.807) is 11.0 Å². The zero-order valence-corrected chi connectivity index (χ0v) is 13.2. The van der Waals surface area contributed by atoms with Crippen LogP contribution in [0.2, 0.25) is 0 Å². The van der Waals surface area contributed by atoms with Crippen molar-refractivity contribution in [1.82, 2.24) is 4.90 Å². The van der Waals surface area contributed by atoms with Crippen LogP contribution in [0.5, 0.6) is 0 Å². The van der Waals surface area contributed by atoms with Crippen molar-refractivity contribution in [3.8, 4) is 0 Å². The fourth-order valence-electron chi connectivity index (χ4n) is 1.51. The molecule has 19 heavy (non-hydrogen) atoms. The summed E-state index contributed by atoms with van der Waals surface area (Å²) in [5.41, 5.74) is 0. The molecular weight excluding hydrogens is 330 g/mol. The van der Waals surface area contributed by atoms with Crippen molar-refractivity contribution < 1.29 is 14.7 Å². The normalized spacial score (nSPS) is 11.2. The van der Waals surface area contributed by atoms with E-state index in [0.29, 0.717) is 0 Å². The second-order valence-electron chi connectivity index (χ2n) is 4.24. The smallest absolute Gasteiger partial charge is 0.305 e. The predicted molar refractivity (Wildman–Crippen MR) is 80.2 cm³/mol. The zero-order valence-electron chi connectivity index (χ0n) is 10.8. The number of carbonyl (C=O) groups excluding carboxylic acids is 1. The van der Waals surface area contributed by atoms with Gasteiger partial charge in [0.25, 0.3) is 0 Å². The van der Waals surface area contributed by atoms with Crippen molar-refractivity contribution in [2.45, 2.75) is 26.3 Å². The Kier molecular flexibility index (Phi) is 6.24. The lowest BCUT2D eigenvalue weighted by atomic mass is 10.2. The highest BCUT2D eigenvalue weighted by atomic mass is 79.9. The molecule has 0 unspecified atom stereocenters. The highest BCUT2D eigenvalue weighted by Crippen LogP contribution is 2.23. The van der Waals surface area contributed by atoms with Crippen LogP contribution in [0.4, 0.5) is 0 Å². The number of rotatable bonds is 6. The van der Waals surface area contributed by atoms with Gasteiger partial charge in [0.15, 0.2) is 0 Å². The van der Waals surface area contributed by atoms with Gasteiger partial charge in [-0.05, 0) is 48.0 Å². The number of carboxylic acids is 1. The van der Waals surface area contributed by atoms with Gasteiger partial charge in [-0.25, -0.2) is 0 Å². The van der Waals surface area contributed by atoms with Gasteiger partial charge in [-0.15, -0.1) is 11.3 Å². The average Bonchev–Trinajstić information content (AvgIpc) is 2.72. The average molecular weight is 346 g/mol. The molecule has 0 aliphatic rings. The van der Waals surface area contributed by atoms with E-state index in [1.807, 2.05) is 26.0 Å². The summed E-state index contributed by atoms with van der Waals surface area (Å²) in [6.45, 7) is 3.97. The molecule has 1 amide bonds. The molecule has 1 N–H and O–H groups in total. The van der Waals surface area contributed by atoms with E-state index in [4.69, 9.17) is 5.11 Å². The van der Waals surface area contributed by atoms with Crippen LogP contribution >= 0.6 is 27.3 Å². The van der Waals surface area contributed by atoms with Gasteiger partial charge in [-0.2, -0.15) is 0 Å². The van der Waals surface area contributed by atoms with E-state index in [2.05, 4.69) is 15.9 Å². The fourth-order valence-corrected chi connectivity index (χ4v) is 2.83. The molecular formula is C13H16BrNO3S. The minimum Gasteiger partial charge on any atom is -0.481 e. The third kappa shape index (κ3) is 5.57. The molecule has 1 aromatic heterocycles. The SMILES string of the molecule is CC(C)N(CCC(=O)O)C(=O)/C=C/c1ccc(Br)s1.